The molecule has 106 valence electrons. The highest BCUT2D eigenvalue weighted by molar-refractivity contribution is 5.32. The predicted molar refractivity (Wildman–Crippen MR) is 72.9 cm³/mol. The third-order valence-electron chi connectivity index (χ3n) is 3.99. The summed E-state index contributed by atoms with van der Waals surface area (Å²) < 4.78 is 19.1. The lowest BCUT2D eigenvalue weighted by Crippen LogP contribution is -2.45. The van der Waals surface area contributed by atoms with E-state index in [1.165, 1.54) is 7.11 Å². The normalized spacial score (nSPS) is 22.8. The van der Waals surface area contributed by atoms with E-state index in [1.54, 1.807) is 25.1 Å². The molecule has 2 atom stereocenters. The Morgan fingerprint density at radius 2 is 2.32 bits per heavy atom. The molecule has 1 heterocycles. The van der Waals surface area contributed by atoms with Crippen molar-refractivity contribution in [3.05, 3.63) is 29.6 Å². The van der Waals surface area contributed by atoms with Gasteiger partial charge in [0, 0.05) is 18.9 Å². The average Bonchev–Trinajstić information content (AvgIpc) is 2.42. The van der Waals surface area contributed by atoms with Crippen molar-refractivity contribution in [2.75, 3.05) is 20.2 Å². The second-order valence-corrected chi connectivity index (χ2v) is 5.51. The summed E-state index contributed by atoms with van der Waals surface area (Å²) in [7, 11) is 1.45. The number of ether oxygens (including phenoxy) is 1. The van der Waals surface area contributed by atoms with Crippen LogP contribution < -0.4 is 10.1 Å². The molecule has 2 rings (SSSR count). The molecular weight excluding hydrogens is 245 g/mol. The van der Waals surface area contributed by atoms with Crippen molar-refractivity contribution in [2.45, 2.75) is 31.8 Å². The van der Waals surface area contributed by atoms with Crippen molar-refractivity contribution < 1.29 is 14.2 Å². The van der Waals surface area contributed by atoms with Crippen LogP contribution in [0.25, 0.3) is 0 Å². The van der Waals surface area contributed by atoms with E-state index in [1.807, 2.05) is 0 Å². The number of nitrogens with one attached hydrogen (secondary N) is 1. The minimum absolute atomic E-state index is 0.159. The molecular formula is C15H22FNO2. The van der Waals surface area contributed by atoms with Crippen LogP contribution in [0.1, 0.15) is 25.3 Å². The maximum absolute atomic E-state index is 14.1. The fraction of sp³-hybridized carbons (Fsp3) is 0.600. The topological polar surface area (TPSA) is 41.5 Å². The van der Waals surface area contributed by atoms with Crippen molar-refractivity contribution in [1.82, 2.24) is 5.32 Å². The van der Waals surface area contributed by atoms with E-state index >= 15 is 0 Å². The Hall–Kier alpha value is -1.13. The van der Waals surface area contributed by atoms with Gasteiger partial charge in [-0.2, -0.15) is 0 Å². The molecule has 0 aromatic heterocycles. The maximum atomic E-state index is 14.1. The first-order valence-electron chi connectivity index (χ1n) is 6.79. The number of methoxy groups -OCH3 is 1. The van der Waals surface area contributed by atoms with Gasteiger partial charge < -0.3 is 15.2 Å². The molecule has 1 aliphatic rings. The van der Waals surface area contributed by atoms with E-state index in [9.17, 15) is 9.50 Å². The van der Waals surface area contributed by atoms with Gasteiger partial charge in [0.2, 0.25) is 0 Å². The molecule has 0 spiro atoms. The van der Waals surface area contributed by atoms with E-state index in [2.05, 4.69) is 5.32 Å². The van der Waals surface area contributed by atoms with E-state index in [-0.39, 0.29) is 17.5 Å². The minimum Gasteiger partial charge on any atom is -0.494 e. The molecule has 1 aromatic rings. The molecule has 1 aromatic carbocycles. The van der Waals surface area contributed by atoms with Gasteiger partial charge in [-0.05, 0) is 37.9 Å². The number of halogens is 1. The van der Waals surface area contributed by atoms with E-state index in [0.717, 1.165) is 25.9 Å². The average molecular weight is 267 g/mol. The standard InChI is InChI=1S/C15H22FNO2/c1-15(18,12-6-4-8-17-10-12)9-11-5-3-7-13(19-2)14(11)16/h3,5,7,12,17-18H,4,6,8-10H2,1-2H3. The van der Waals surface area contributed by atoms with E-state index in [4.69, 9.17) is 4.74 Å². The molecule has 2 unspecified atom stereocenters. The van der Waals surface area contributed by atoms with Gasteiger partial charge in [-0.3, -0.25) is 0 Å². The highest BCUT2D eigenvalue weighted by Gasteiger charge is 2.33. The summed E-state index contributed by atoms with van der Waals surface area (Å²) in [5.41, 5.74) is -0.393. The summed E-state index contributed by atoms with van der Waals surface area (Å²) in [6.45, 7) is 3.59. The Morgan fingerprint density at radius 1 is 1.53 bits per heavy atom. The monoisotopic (exact) mass is 267 g/mol. The molecule has 1 aliphatic heterocycles. The number of aliphatic hydroxyl groups is 1. The zero-order valence-corrected chi connectivity index (χ0v) is 11.6. The largest absolute Gasteiger partial charge is 0.494 e. The van der Waals surface area contributed by atoms with Gasteiger partial charge in [-0.1, -0.05) is 12.1 Å². The number of hydrogen-bond acceptors (Lipinski definition) is 3. The Bertz CT molecular complexity index is 428. The lowest BCUT2D eigenvalue weighted by atomic mass is 9.79. The van der Waals surface area contributed by atoms with Crippen LogP contribution in [-0.4, -0.2) is 30.9 Å². The van der Waals surface area contributed by atoms with Crippen LogP contribution in [0.15, 0.2) is 18.2 Å². The Balaban J connectivity index is 2.14. The summed E-state index contributed by atoms with van der Waals surface area (Å²) in [5, 5.41) is 13.9. The fourth-order valence-electron chi connectivity index (χ4n) is 2.76. The van der Waals surface area contributed by atoms with Gasteiger partial charge in [0.05, 0.1) is 12.7 Å². The highest BCUT2D eigenvalue weighted by atomic mass is 19.1. The summed E-state index contributed by atoms with van der Waals surface area (Å²) in [5.74, 6) is 0.0240. The lowest BCUT2D eigenvalue weighted by molar-refractivity contribution is -0.0109. The molecule has 4 heteroatoms. The lowest BCUT2D eigenvalue weighted by Gasteiger charge is -2.36. The van der Waals surface area contributed by atoms with Gasteiger partial charge in [-0.15, -0.1) is 0 Å². The summed E-state index contributed by atoms with van der Waals surface area (Å²) in [6.07, 6.45) is 2.34. The molecule has 19 heavy (non-hydrogen) atoms. The smallest absolute Gasteiger partial charge is 0.168 e. The van der Waals surface area contributed by atoms with Crippen molar-refractivity contribution >= 4 is 0 Å². The van der Waals surface area contributed by atoms with Crippen LogP contribution in [0.3, 0.4) is 0 Å². The number of rotatable bonds is 4. The van der Waals surface area contributed by atoms with Gasteiger partial charge in [0.25, 0.3) is 0 Å². The zero-order valence-electron chi connectivity index (χ0n) is 11.6. The predicted octanol–water partition coefficient (Wildman–Crippen LogP) is 2.13. The van der Waals surface area contributed by atoms with Crippen LogP contribution in [0.2, 0.25) is 0 Å². The molecule has 0 aliphatic carbocycles. The first-order valence-corrected chi connectivity index (χ1v) is 6.79. The van der Waals surface area contributed by atoms with Crippen LogP contribution in [-0.2, 0) is 6.42 Å². The number of benzene rings is 1. The van der Waals surface area contributed by atoms with Crippen LogP contribution in [0.4, 0.5) is 4.39 Å². The van der Waals surface area contributed by atoms with Crippen molar-refractivity contribution in [3.63, 3.8) is 0 Å². The Labute approximate surface area is 113 Å². The summed E-state index contributed by atoms with van der Waals surface area (Å²) >= 11 is 0. The third kappa shape index (κ3) is 3.25. The first-order chi connectivity index (χ1) is 9.04. The molecule has 1 saturated heterocycles. The van der Waals surface area contributed by atoms with Crippen molar-refractivity contribution in [3.8, 4) is 5.75 Å². The van der Waals surface area contributed by atoms with Crippen molar-refractivity contribution in [1.29, 1.82) is 0 Å². The fourth-order valence-corrected chi connectivity index (χ4v) is 2.76. The number of hydrogen-bond donors (Lipinski definition) is 2. The van der Waals surface area contributed by atoms with Crippen molar-refractivity contribution in [2.24, 2.45) is 5.92 Å². The second kappa shape index (κ2) is 5.88. The van der Waals surface area contributed by atoms with Crippen LogP contribution in [0.5, 0.6) is 5.75 Å². The Morgan fingerprint density at radius 3 is 2.95 bits per heavy atom. The van der Waals surface area contributed by atoms with Gasteiger partial charge in [0.15, 0.2) is 11.6 Å². The summed E-state index contributed by atoms with van der Waals surface area (Å²) in [6, 6.07) is 5.06. The van der Waals surface area contributed by atoms with Gasteiger partial charge in [-0.25, -0.2) is 4.39 Å². The van der Waals surface area contributed by atoms with Crippen LogP contribution >= 0.6 is 0 Å². The third-order valence-corrected chi connectivity index (χ3v) is 3.99. The summed E-state index contributed by atoms with van der Waals surface area (Å²) in [4.78, 5) is 0. The quantitative estimate of drug-likeness (QED) is 0.878. The molecule has 0 bridgehead atoms. The molecule has 0 amide bonds. The molecule has 3 nitrogen and oxygen atoms in total. The van der Waals surface area contributed by atoms with E-state index in [0.29, 0.717) is 12.0 Å². The van der Waals surface area contributed by atoms with Gasteiger partial charge in [0.1, 0.15) is 0 Å². The minimum atomic E-state index is -0.902. The SMILES string of the molecule is COc1cccc(CC(C)(O)C2CCCNC2)c1F. The van der Waals surface area contributed by atoms with Crippen LogP contribution in [0, 0.1) is 11.7 Å². The van der Waals surface area contributed by atoms with Gasteiger partial charge >= 0.3 is 0 Å². The zero-order chi connectivity index (χ0) is 13.9. The maximum Gasteiger partial charge on any atom is 0.168 e. The molecule has 0 radical (unpaired) electrons. The Kier molecular flexibility index (Phi) is 4.42. The highest BCUT2D eigenvalue weighted by Crippen LogP contribution is 2.30. The molecule has 1 fully saturated rings. The number of piperidine rings is 1. The molecule has 2 N–H and O–H groups in total. The van der Waals surface area contributed by atoms with E-state index < -0.39 is 5.60 Å². The second-order valence-electron chi connectivity index (χ2n) is 5.51. The molecule has 0 saturated carbocycles. The first kappa shape index (κ1) is 14.3.